The van der Waals surface area contributed by atoms with E-state index in [2.05, 4.69) is 45.8 Å². The highest BCUT2D eigenvalue weighted by atomic mass is 16.6. The molecule has 1 aliphatic heterocycles. The smallest absolute Gasteiger partial charge is 0.330 e. The number of imidazole rings is 1. The Labute approximate surface area is 196 Å². The Balaban J connectivity index is 1.31. The molecule has 1 amide bonds. The number of carbonyl (C=O) groups is 1. The minimum atomic E-state index is -0.158. The van der Waals surface area contributed by atoms with Crippen LogP contribution < -0.4 is 10.6 Å². The molecule has 0 spiro atoms. The summed E-state index contributed by atoms with van der Waals surface area (Å²) in [6.45, 7) is 7.53. The van der Waals surface area contributed by atoms with Gasteiger partial charge in [-0.15, -0.1) is 0 Å². The lowest BCUT2D eigenvalue weighted by atomic mass is 10.1. The topological polar surface area (TPSA) is 102 Å². The third-order valence-electron chi connectivity index (χ3n) is 6.20. The summed E-state index contributed by atoms with van der Waals surface area (Å²) in [7, 11) is 1.77. The predicted molar refractivity (Wildman–Crippen MR) is 128 cm³/mol. The maximum Gasteiger partial charge on any atom is 0.330 e. The van der Waals surface area contributed by atoms with Gasteiger partial charge in [-0.3, -0.25) is 13.9 Å². The number of benzene rings is 1. The Bertz CT molecular complexity index is 1360. The SMILES string of the molecule is CC(C)Cn1c(=O)n(C)c2nc(-c3ccc(N4CCN(C(=O)c5cnon5)CC4)cc3)ccc21. The van der Waals surface area contributed by atoms with Gasteiger partial charge in [0.15, 0.2) is 11.3 Å². The fourth-order valence-corrected chi connectivity index (χ4v) is 4.41. The molecule has 1 fully saturated rings. The molecule has 5 rings (SSSR count). The zero-order valence-corrected chi connectivity index (χ0v) is 19.5. The predicted octanol–water partition coefficient (Wildman–Crippen LogP) is 2.40. The molecule has 0 saturated carbocycles. The average Bonchev–Trinajstić information content (AvgIpc) is 3.47. The number of anilines is 1. The quantitative estimate of drug-likeness (QED) is 0.450. The summed E-state index contributed by atoms with van der Waals surface area (Å²) in [5.41, 5.74) is 4.65. The van der Waals surface area contributed by atoms with Crippen molar-refractivity contribution in [3.05, 3.63) is 58.8 Å². The van der Waals surface area contributed by atoms with Gasteiger partial charge in [-0.1, -0.05) is 31.1 Å². The van der Waals surface area contributed by atoms with Gasteiger partial charge in [0, 0.05) is 51.0 Å². The lowest BCUT2D eigenvalue weighted by Crippen LogP contribution is -2.48. The van der Waals surface area contributed by atoms with Crippen molar-refractivity contribution < 1.29 is 9.42 Å². The Hall–Kier alpha value is -3.95. The number of fused-ring (bicyclic) bond motifs is 1. The standard InChI is InChI=1S/C24H27N7O3/c1-16(2)15-31-21-9-8-19(26-22(21)28(3)24(31)33)17-4-6-18(7-5-17)29-10-12-30(13-11-29)23(32)20-14-25-34-27-20/h4-9,14,16H,10-13,15H2,1-3H3. The molecule has 4 heterocycles. The van der Waals surface area contributed by atoms with Crippen LogP contribution in [0.5, 0.6) is 0 Å². The van der Waals surface area contributed by atoms with E-state index in [0.717, 1.165) is 35.6 Å². The van der Waals surface area contributed by atoms with E-state index in [1.54, 1.807) is 21.1 Å². The number of hydrogen-bond acceptors (Lipinski definition) is 7. The third kappa shape index (κ3) is 3.95. The minimum Gasteiger partial charge on any atom is -0.368 e. The van der Waals surface area contributed by atoms with Crippen LogP contribution in [0, 0.1) is 5.92 Å². The minimum absolute atomic E-state index is 0.0406. The van der Waals surface area contributed by atoms with Crippen LogP contribution in [-0.2, 0) is 13.6 Å². The fourth-order valence-electron chi connectivity index (χ4n) is 4.41. The van der Waals surface area contributed by atoms with Crippen LogP contribution in [0.2, 0.25) is 0 Å². The van der Waals surface area contributed by atoms with Crippen LogP contribution in [0.1, 0.15) is 24.3 Å². The first-order valence-corrected chi connectivity index (χ1v) is 11.4. The van der Waals surface area contributed by atoms with Crippen LogP contribution in [0.3, 0.4) is 0 Å². The number of rotatable bonds is 5. The summed E-state index contributed by atoms with van der Waals surface area (Å²) in [5, 5.41) is 7.14. The molecule has 0 unspecified atom stereocenters. The molecule has 176 valence electrons. The van der Waals surface area contributed by atoms with E-state index in [-0.39, 0.29) is 17.3 Å². The lowest BCUT2D eigenvalue weighted by molar-refractivity contribution is 0.0735. The largest absolute Gasteiger partial charge is 0.368 e. The Morgan fingerprint density at radius 1 is 1.06 bits per heavy atom. The van der Waals surface area contributed by atoms with E-state index in [1.165, 1.54) is 6.20 Å². The van der Waals surface area contributed by atoms with Crippen molar-refractivity contribution in [2.24, 2.45) is 13.0 Å². The lowest BCUT2D eigenvalue weighted by Gasteiger charge is -2.35. The Kier molecular flexibility index (Phi) is 5.64. The zero-order chi connectivity index (χ0) is 23.8. The van der Waals surface area contributed by atoms with Crippen LogP contribution in [0.25, 0.3) is 22.4 Å². The number of nitrogens with zero attached hydrogens (tertiary/aromatic N) is 7. The van der Waals surface area contributed by atoms with Crippen LogP contribution in [0.4, 0.5) is 5.69 Å². The molecule has 0 bridgehead atoms. The highest BCUT2D eigenvalue weighted by Gasteiger charge is 2.24. The second-order valence-electron chi connectivity index (χ2n) is 9.00. The molecule has 0 atom stereocenters. The first-order chi connectivity index (χ1) is 16.4. The molecule has 0 radical (unpaired) electrons. The van der Waals surface area contributed by atoms with E-state index in [9.17, 15) is 9.59 Å². The molecule has 1 aliphatic rings. The van der Waals surface area contributed by atoms with Gasteiger partial charge in [0.2, 0.25) is 0 Å². The van der Waals surface area contributed by atoms with Crippen LogP contribution in [-0.4, -0.2) is 61.4 Å². The second-order valence-corrected chi connectivity index (χ2v) is 9.00. The molecule has 10 nitrogen and oxygen atoms in total. The van der Waals surface area contributed by atoms with Gasteiger partial charge in [-0.2, -0.15) is 0 Å². The molecule has 1 saturated heterocycles. The summed E-state index contributed by atoms with van der Waals surface area (Å²) >= 11 is 0. The van der Waals surface area contributed by atoms with Gasteiger partial charge < -0.3 is 9.80 Å². The van der Waals surface area contributed by atoms with Crippen molar-refractivity contribution in [2.45, 2.75) is 20.4 Å². The normalized spacial score (nSPS) is 14.4. The number of aromatic nitrogens is 5. The Morgan fingerprint density at radius 3 is 2.44 bits per heavy atom. The number of amides is 1. The third-order valence-corrected chi connectivity index (χ3v) is 6.20. The van der Waals surface area contributed by atoms with Crippen molar-refractivity contribution in [1.29, 1.82) is 0 Å². The van der Waals surface area contributed by atoms with Crippen molar-refractivity contribution >= 4 is 22.8 Å². The van der Waals surface area contributed by atoms with Gasteiger partial charge in [0.1, 0.15) is 6.20 Å². The van der Waals surface area contributed by atoms with E-state index in [0.29, 0.717) is 31.2 Å². The highest BCUT2D eigenvalue weighted by Crippen LogP contribution is 2.25. The molecular weight excluding hydrogens is 434 g/mol. The van der Waals surface area contributed by atoms with E-state index in [4.69, 9.17) is 4.98 Å². The summed E-state index contributed by atoms with van der Waals surface area (Å²) in [4.78, 5) is 33.9. The second kappa shape index (κ2) is 8.77. The zero-order valence-electron chi connectivity index (χ0n) is 19.5. The Morgan fingerprint density at radius 2 is 1.79 bits per heavy atom. The van der Waals surface area contributed by atoms with Gasteiger partial charge in [0.25, 0.3) is 5.91 Å². The van der Waals surface area contributed by atoms with Crippen LogP contribution in [0.15, 0.2) is 52.0 Å². The van der Waals surface area contributed by atoms with Crippen LogP contribution >= 0.6 is 0 Å². The van der Waals surface area contributed by atoms with E-state index < -0.39 is 0 Å². The summed E-state index contributed by atoms with van der Waals surface area (Å²) in [6.07, 6.45) is 1.34. The molecule has 0 aliphatic carbocycles. The van der Waals surface area contributed by atoms with Gasteiger partial charge in [-0.25, -0.2) is 14.4 Å². The summed E-state index contributed by atoms with van der Waals surface area (Å²) in [6, 6.07) is 12.2. The molecule has 1 aromatic carbocycles. The average molecular weight is 462 g/mol. The summed E-state index contributed by atoms with van der Waals surface area (Å²) < 4.78 is 7.95. The molecule has 10 heteroatoms. The fraction of sp³-hybridized carbons (Fsp3) is 0.375. The van der Waals surface area contributed by atoms with Crippen molar-refractivity contribution in [1.82, 2.24) is 29.3 Å². The van der Waals surface area contributed by atoms with E-state index in [1.807, 2.05) is 24.3 Å². The number of aryl methyl sites for hydroxylation is 1. The van der Waals surface area contributed by atoms with Crippen molar-refractivity contribution in [3.8, 4) is 11.3 Å². The van der Waals surface area contributed by atoms with Crippen molar-refractivity contribution in [3.63, 3.8) is 0 Å². The number of piperazine rings is 1. The first kappa shape index (κ1) is 21.9. The van der Waals surface area contributed by atoms with Crippen molar-refractivity contribution in [2.75, 3.05) is 31.1 Å². The van der Waals surface area contributed by atoms with Gasteiger partial charge >= 0.3 is 5.69 Å². The summed E-state index contributed by atoms with van der Waals surface area (Å²) in [5.74, 6) is 0.212. The molecular formula is C24H27N7O3. The highest BCUT2D eigenvalue weighted by molar-refractivity contribution is 5.92. The molecule has 0 N–H and O–H groups in total. The molecule has 3 aromatic heterocycles. The molecule has 34 heavy (non-hydrogen) atoms. The number of hydrogen-bond donors (Lipinski definition) is 0. The number of carbonyl (C=O) groups excluding carboxylic acids is 1. The first-order valence-electron chi connectivity index (χ1n) is 11.4. The number of pyridine rings is 1. The maximum absolute atomic E-state index is 12.7. The van der Waals surface area contributed by atoms with Gasteiger partial charge in [0.05, 0.1) is 11.2 Å². The monoisotopic (exact) mass is 461 g/mol. The maximum atomic E-state index is 12.7. The molecule has 4 aromatic rings. The van der Waals surface area contributed by atoms with E-state index >= 15 is 0 Å². The van der Waals surface area contributed by atoms with Gasteiger partial charge in [-0.05, 0) is 35.3 Å².